The van der Waals surface area contributed by atoms with Gasteiger partial charge in [0.05, 0.1) is 21.4 Å². The first-order valence-corrected chi connectivity index (χ1v) is 11.2. The summed E-state index contributed by atoms with van der Waals surface area (Å²) in [5.41, 5.74) is 1.10. The van der Waals surface area contributed by atoms with Crippen LogP contribution >= 0.6 is 23.2 Å². The Morgan fingerprint density at radius 3 is 2.50 bits per heavy atom. The topological polar surface area (TPSA) is 91.1 Å². The predicted molar refractivity (Wildman–Crippen MR) is 126 cm³/mol. The molecule has 0 aliphatic carbocycles. The molecular weight excluding hydrogens is 449 g/mol. The van der Waals surface area contributed by atoms with E-state index in [9.17, 15) is 10.1 Å². The van der Waals surface area contributed by atoms with Gasteiger partial charge in [-0.2, -0.15) is 5.26 Å². The van der Waals surface area contributed by atoms with Gasteiger partial charge in [0.2, 0.25) is 0 Å². The summed E-state index contributed by atoms with van der Waals surface area (Å²) in [6.45, 7) is 10.6. The number of carbonyl (C=O) groups excluding carboxylic acids is 1. The summed E-state index contributed by atoms with van der Waals surface area (Å²) in [7, 11) is 0. The Hall–Kier alpha value is -2.56. The Kier molecular flexibility index (Phi) is 6.87. The lowest BCUT2D eigenvalue weighted by atomic mass is 9.89. The third kappa shape index (κ3) is 5.43. The highest BCUT2D eigenvalue weighted by molar-refractivity contribution is 6.43. The zero-order valence-corrected chi connectivity index (χ0v) is 20.4. The number of ether oxygens (including phenoxy) is 1. The zero-order valence-electron chi connectivity index (χ0n) is 18.9. The fraction of sp³-hybridized carbons (Fsp3) is 0.478. The molecule has 1 aliphatic rings. The molecule has 9 heteroatoms. The molecule has 2 heterocycles. The highest BCUT2D eigenvalue weighted by Gasteiger charge is 2.34. The Labute approximate surface area is 198 Å². The first kappa shape index (κ1) is 24.1. The fourth-order valence-electron chi connectivity index (χ4n) is 3.63. The van der Waals surface area contributed by atoms with Crippen molar-refractivity contribution in [2.45, 2.75) is 58.6 Å². The average Bonchev–Trinajstić information content (AvgIpc) is 2.69. The molecule has 2 aromatic rings. The molecule has 170 valence electrons. The third-order valence-electron chi connectivity index (χ3n) is 5.33. The average molecular weight is 476 g/mol. The van der Waals surface area contributed by atoms with Crippen molar-refractivity contribution in [1.82, 2.24) is 15.3 Å². The lowest BCUT2D eigenvalue weighted by Crippen LogP contribution is -2.54. The maximum absolute atomic E-state index is 12.2. The van der Waals surface area contributed by atoms with Crippen LogP contribution in [0.5, 0.6) is 0 Å². The van der Waals surface area contributed by atoms with E-state index >= 15 is 0 Å². The van der Waals surface area contributed by atoms with Crippen LogP contribution in [0, 0.1) is 18.3 Å². The van der Waals surface area contributed by atoms with Gasteiger partial charge in [0.15, 0.2) is 11.5 Å². The largest absolute Gasteiger partial charge is 0.444 e. The number of aromatic nitrogens is 2. The Bertz CT molecular complexity index is 1070. The SMILES string of the molecule is Cc1nc(N2CCC(C)(NC(=O)OC(C)(C)C)CC2)c(C#N)nc1-c1cccc(Cl)c1Cl. The molecule has 0 radical (unpaired) electrons. The second-order valence-electron chi connectivity index (χ2n) is 9.22. The van der Waals surface area contributed by atoms with E-state index in [1.165, 1.54) is 0 Å². The molecular formula is C23H27Cl2N5O2. The normalized spacial score (nSPS) is 15.8. The van der Waals surface area contributed by atoms with Gasteiger partial charge >= 0.3 is 6.09 Å². The van der Waals surface area contributed by atoms with Crippen molar-refractivity contribution in [1.29, 1.82) is 5.26 Å². The van der Waals surface area contributed by atoms with Crippen LogP contribution in [0.1, 0.15) is 51.9 Å². The van der Waals surface area contributed by atoms with Crippen LogP contribution in [0.4, 0.5) is 10.6 Å². The molecule has 1 saturated heterocycles. The second-order valence-corrected chi connectivity index (χ2v) is 10.0. The Balaban J connectivity index is 1.80. The number of anilines is 1. The number of hydrogen-bond acceptors (Lipinski definition) is 6. The number of piperidine rings is 1. The van der Waals surface area contributed by atoms with Crippen molar-refractivity contribution in [3.63, 3.8) is 0 Å². The number of nitriles is 1. The van der Waals surface area contributed by atoms with Crippen LogP contribution in [-0.4, -0.2) is 40.3 Å². The number of rotatable bonds is 3. The van der Waals surface area contributed by atoms with Crippen LogP contribution in [-0.2, 0) is 4.74 Å². The van der Waals surface area contributed by atoms with E-state index < -0.39 is 17.2 Å². The van der Waals surface area contributed by atoms with E-state index in [2.05, 4.69) is 16.4 Å². The first-order valence-electron chi connectivity index (χ1n) is 10.4. The molecule has 1 aliphatic heterocycles. The minimum Gasteiger partial charge on any atom is -0.444 e. The highest BCUT2D eigenvalue weighted by atomic mass is 35.5. The number of alkyl carbamates (subject to hydrolysis) is 1. The van der Waals surface area contributed by atoms with Crippen LogP contribution in [0.15, 0.2) is 18.2 Å². The standard InChI is InChI=1S/C23H27Cl2N5O2/c1-14-19(15-7-6-8-16(24)18(15)25)28-17(13-26)20(27-14)30-11-9-23(5,10-12-30)29-21(31)32-22(2,3)4/h6-8H,9-12H2,1-5H3,(H,29,31). The van der Waals surface area contributed by atoms with Gasteiger partial charge in [-0.3, -0.25) is 0 Å². The summed E-state index contributed by atoms with van der Waals surface area (Å²) in [4.78, 5) is 23.5. The van der Waals surface area contributed by atoms with Crippen molar-refractivity contribution >= 4 is 35.1 Å². The van der Waals surface area contributed by atoms with Gasteiger partial charge in [0.25, 0.3) is 0 Å². The Morgan fingerprint density at radius 1 is 1.25 bits per heavy atom. The molecule has 1 aromatic heterocycles. The van der Waals surface area contributed by atoms with Gasteiger partial charge in [0.1, 0.15) is 11.7 Å². The molecule has 32 heavy (non-hydrogen) atoms. The van der Waals surface area contributed by atoms with Crippen LogP contribution in [0.25, 0.3) is 11.3 Å². The van der Waals surface area contributed by atoms with Crippen molar-refractivity contribution < 1.29 is 9.53 Å². The van der Waals surface area contributed by atoms with Gasteiger partial charge in [0, 0.05) is 24.2 Å². The van der Waals surface area contributed by atoms with Gasteiger partial charge in [-0.1, -0.05) is 35.3 Å². The van der Waals surface area contributed by atoms with E-state index in [0.29, 0.717) is 58.7 Å². The second kappa shape index (κ2) is 9.13. The van der Waals surface area contributed by atoms with Crippen LogP contribution < -0.4 is 10.2 Å². The van der Waals surface area contributed by atoms with E-state index in [0.717, 1.165) is 0 Å². The molecule has 1 aromatic carbocycles. The van der Waals surface area contributed by atoms with Gasteiger partial charge in [-0.25, -0.2) is 14.8 Å². The number of carbonyl (C=O) groups is 1. The smallest absolute Gasteiger partial charge is 0.408 e. The molecule has 0 saturated carbocycles. The molecule has 0 unspecified atom stereocenters. The van der Waals surface area contributed by atoms with Gasteiger partial charge < -0.3 is 15.0 Å². The minimum absolute atomic E-state index is 0.227. The number of hydrogen-bond donors (Lipinski definition) is 1. The molecule has 1 amide bonds. The number of nitrogens with one attached hydrogen (secondary N) is 1. The zero-order chi connectivity index (χ0) is 23.7. The number of amides is 1. The Morgan fingerprint density at radius 2 is 1.91 bits per heavy atom. The van der Waals surface area contributed by atoms with Crippen molar-refractivity contribution in [2.75, 3.05) is 18.0 Å². The summed E-state index contributed by atoms with van der Waals surface area (Å²) in [6.07, 6.45) is 0.934. The molecule has 0 atom stereocenters. The molecule has 0 bridgehead atoms. The van der Waals surface area contributed by atoms with Crippen molar-refractivity contribution in [3.05, 3.63) is 39.6 Å². The quantitative estimate of drug-likeness (QED) is 0.628. The maximum atomic E-state index is 12.2. The van der Waals surface area contributed by atoms with Gasteiger partial charge in [-0.15, -0.1) is 0 Å². The summed E-state index contributed by atoms with van der Waals surface area (Å²) >= 11 is 12.5. The lowest BCUT2D eigenvalue weighted by Gasteiger charge is -2.40. The number of aryl methyl sites for hydroxylation is 1. The summed E-state index contributed by atoms with van der Waals surface area (Å²) in [5, 5.41) is 13.5. The lowest BCUT2D eigenvalue weighted by molar-refractivity contribution is 0.0448. The van der Waals surface area contributed by atoms with Crippen molar-refractivity contribution in [2.24, 2.45) is 0 Å². The first-order chi connectivity index (χ1) is 14.9. The van der Waals surface area contributed by atoms with Crippen LogP contribution in [0.2, 0.25) is 10.0 Å². The predicted octanol–water partition coefficient (Wildman–Crippen LogP) is 5.51. The minimum atomic E-state index is -0.552. The van der Waals surface area contributed by atoms with E-state index in [1.54, 1.807) is 18.2 Å². The highest BCUT2D eigenvalue weighted by Crippen LogP contribution is 2.35. The summed E-state index contributed by atoms with van der Waals surface area (Å²) < 4.78 is 5.39. The fourth-order valence-corrected chi connectivity index (χ4v) is 4.02. The monoisotopic (exact) mass is 475 g/mol. The molecule has 7 nitrogen and oxygen atoms in total. The number of nitrogens with zero attached hydrogens (tertiary/aromatic N) is 4. The molecule has 3 rings (SSSR count). The number of halogens is 2. The van der Waals surface area contributed by atoms with Gasteiger partial charge in [-0.05, 0) is 53.5 Å². The summed E-state index contributed by atoms with van der Waals surface area (Å²) in [6, 6.07) is 7.45. The van der Waals surface area contributed by atoms with Crippen molar-refractivity contribution in [3.8, 4) is 17.3 Å². The molecule has 1 fully saturated rings. The molecule has 1 N–H and O–H groups in total. The van der Waals surface area contributed by atoms with E-state index in [-0.39, 0.29) is 5.69 Å². The number of benzene rings is 1. The maximum Gasteiger partial charge on any atom is 0.408 e. The van der Waals surface area contributed by atoms with Crippen LogP contribution in [0.3, 0.4) is 0 Å². The van der Waals surface area contributed by atoms with E-state index in [4.69, 9.17) is 32.9 Å². The summed E-state index contributed by atoms with van der Waals surface area (Å²) in [5.74, 6) is 0.534. The molecule has 0 spiro atoms. The van der Waals surface area contributed by atoms with E-state index in [1.807, 2.05) is 39.5 Å². The third-order valence-corrected chi connectivity index (χ3v) is 6.15.